The van der Waals surface area contributed by atoms with Crippen molar-refractivity contribution in [3.8, 4) is 0 Å². The SMILES string of the molecule is CCC(C)(OC)C(=O)c1c(Br)cnn1CCOC. The molecule has 0 N–H and O–H groups in total. The summed E-state index contributed by atoms with van der Waals surface area (Å²) in [7, 11) is 3.16. The van der Waals surface area contributed by atoms with Crippen molar-refractivity contribution in [1.29, 1.82) is 0 Å². The molecule has 0 amide bonds. The van der Waals surface area contributed by atoms with Crippen LogP contribution in [0.4, 0.5) is 0 Å². The maximum absolute atomic E-state index is 12.5. The Morgan fingerprint density at radius 2 is 2.22 bits per heavy atom. The molecular weight excluding hydrogens is 300 g/mol. The number of hydrogen-bond donors (Lipinski definition) is 0. The first-order valence-electron chi connectivity index (χ1n) is 5.80. The number of methoxy groups -OCH3 is 2. The van der Waals surface area contributed by atoms with Crippen molar-refractivity contribution < 1.29 is 14.3 Å². The molecule has 1 aromatic rings. The van der Waals surface area contributed by atoms with Crippen LogP contribution in [-0.4, -0.2) is 42.0 Å². The third-order valence-electron chi connectivity index (χ3n) is 3.12. The standard InChI is InChI=1S/C12H19BrN2O3/c1-5-12(2,18-4)11(16)10-9(13)8-14-15(10)6-7-17-3/h8H,5-7H2,1-4H3. The summed E-state index contributed by atoms with van der Waals surface area (Å²) in [6.07, 6.45) is 2.22. The second-order valence-corrected chi connectivity index (χ2v) is 5.03. The Kier molecular flexibility index (Phi) is 5.49. The molecule has 0 saturated heterocycles. The molecule has 0 bridgehead atoms. The van der Waals surface area contributed by atoms with E-state index < -0.39 is 5.60 Å². The molecule has 0 spiro atoms. The quantitative estimate of drug-likeness (QED) is 0.724. The highest BCUT2D eigenvalue weighted by Crippen LogP contribution is 2.25. The van der Waals surface area contributed by atoms with Crippen LogP contribution in [-0.2, 0) is 16.0 Å². The van der Waals surface area contributed by atoms with Gasteiger partial charge in [-0.15, -0.1) is 0 Å². The van der Waals surface area contributed by atoms with Crippen molar-refractivity contribution in [2.24, 2.45) is 0 Å². The average molecular weight is 319 g/mol. The van der Waals surface area contributed by atoms with Crippen LogP contribution in [0.15, 0.2) is 10.7 Å². The molecule has 102 valence electrons. The van der Waals surface area contributed by atoms with Gasteiger partial charge in [-0.2, -0.15) is 5.10 Å². The van der Waals surface area contributed by atoms with Crippen LogP contribution in [0.25, 0.3) is 0 Å². The zero-order valence-electron chi connectivity index (χ0n) is 11.2. The van der Waals surface area contributed by atoms with Crippen LogP contribution in [0.3, 0.4) is 0 Å². The number of halogens is 1. The number of aromatic nitrogens is 2. The zero-order chi connectivity index (χ0) is 13.8. The lowest BCUT2D eigenvalue weighted by molar-refractivity contribution is 0.00950. The van der Waals surface area contributed by atoms with Gasteiger partial charge >= 0.3 is 0 Å². The minimum atomic E-state index is -0.826. The highest BCUT2D eigenvalue weighted by atomic mass is 79.9. The predicted molar refractivity (Wildman–Crippen MR) is 71.8 cm³/mol. The van der Waals surface area contributed by atoms with E-state index in [1.807, 2.05) is 6.92 Å². The summed E-state index contributed by atoms with van der Waals surface area (Å²) in [6.45, 7) is 4.75. The van der Waals surface area contributed by atoms with E-state index in [0.717, 1.165) is 0 Å². The number of ether oxygens (including phenoxy) is 2. The topological polar surface area (TPSA) is 53.3 Å². The minimum Gasteiger partial charge on any atom is -0.383 e. The van der Waals surface area contributed by atoms with E-state index >= 15 is 0 Å². The minimum absolute atomic E-state index is 0.0759. The summed E-state index contributed by atoms with van der Waals surface area (Å²) in [4.78, 5) is 12.5. The highest BCUT2D eigenvalue weighted by molar-refractivity contribution is 9.10. The molecule has 6 heteroatoms. The van der Waals surface area contributed by atoms with Crippen molar-refractivity contribution in [2.75, 3.05) is 20.8 Å². The molecule has 1 aromatic heterocycles. The maximum Gasteiger partial charge on any atom is 0.213 e. The van der Waals surface area contributed by atoms with Gasteiger partial charge in [0.1, 0.15) is 11.3 Å². The largest absolute Gasteiger partial charge is 0.383 e. The first-order chi connectivity index (χ1) is 8.50. The molecule has 1 atom stereocenters. The summed E-state index contributed by atoms with van der Waals surface area (Å²) in [5.41, 5.74) is -0.300. The van der Waals surface area contributed by atoms with Crippen molar-refractivity contribution in [3.63, 3.8) is 0 Å². The van der Waals surface area contributed by atoms with E-state index in [9.17, 15) is 4.79 Å². The molecule has 0 aliphatic carbocycles. The first kappa shape index (κ1) is 15.3. The van der Waals surface area contributed by atoms with E-state index in [-0.39, 0.29) is 5.78 Å². The molecule has 5 nitrogen and oxygen atoms in total. The van der Waals surface area contributed by atoms with Gasteiger partial charge in [0.05, 0.1) is 23.8 Å². The summed E-state index contributed by atoms with van der Waals surface area (Å²) in [5.74, 6) is -0.0759. The van der Waals surface area contributed by atoms with Gasteiger partial charge in [0.15, 0.2) is 0 Å². The molecule has 0 aliphatic heterocycles. The Labute approximate surface area is 116 Å². The maximum atomic E-state index is 12.5. The van der Waals surface area contributed by atoms with Crippen molar-refractivity contribution in [1.82, 2.24) is 9.78 Å². The first-order valence-corrected chi connectivity index (χ1v) is 6.59. The third kappa shape index (κ3) is 2.99. The smallest absolute Gasteiger partial charge is 0.213 e. The van der Waals surface area contributed by atoms with Gasteiger partial charge in [-0.3, -0.25) is 9.48 Å². The van der Waals surface area contributed by atoms with Crippen LogP contribution in [0.5, 0.6) is 0 Å². The van der Waals surface area contributed by atoms with Gasteiger partial charge in [0, 0.05) is 14.2 Å². The second kappa shape index (κ2) is 6.45. The molecule has 0 fully saturated rings. The summed E-state index contributed by atoms with van der Waals surface area (Å²) < 4.78 is 12.7. The number of carbonyl (C=O) groups is 1. The Bertz CT molecular complexity index is 413. The van der Waals surface area contributed by atoms with Crippen LogP contribution < -0.4 is 0 Å². The molecule has 0 radical (unpaired) electrons. The Morgan fingerprint density at radius 1 is 1.56 bits per heavy atom. The summed E-state index contributed by atoms with van der Waals surface area (Å²) >= 11 is 3.36. The van der Waals surface area contributed by atoms with Gasteiger partial charge in [0.25, 0.3) is 0 Å². The van der Waals surface area contributed by atoms with Crippen LogP contribution in [0.2, 0.25) is 0 Å². The molecule has 1 rings (SSSR count). The van der Waals surface area contributed by atoms with Crippen molar-refractivity contribution >= 4 is 21.7 Å². The van der Waals surface area contributed by atoms with Crippen LogP contribution in [0, 0.1) is 0 Å². The highest BCUT2D eigenvalue weighted by Gasteiger charge is 2.35. The van der Waals surface area contributed by atoms with E-state index in [1.165, 1.54) is 0 Å². The van der Waals surface area contributed by atoms with Crippen molar-refractivity contribution in [2.45, 2.75) is 32.4 Å². The number of ketones is 1. The average Bonchev–Trinajstić information content (AvgIpc) is 2.75. The summed E-state index contributed by atoms with van der Waals surface area (Å²) in [5, 5.41) is 4.17. The van der Waals surface area contributed by atoms with E-state index in [0.29, 0.717) is 29.7 Å². The number of nitrogens with zero attached hydrogens (tertiary/aromatic N) is 2. The van der Waals surface area contributed by atoms with Gasteiger partial charge in [-0.25, -0.2) is 0 Å². The molecular formula is C12H19BrN2O3. The molecule has 18 heavy (non-hydrogen) atoms. The number of hydrogen-bond acceptors (Lipinski definition) is 4. The lowest BCUT2D eigenvalue weighted by atomic mass is 9.95. The molecule has 1 unspecified atom stereocenters. The second-order valence-electron chi connectivity index (χ2n) is 4.17. The Morgan fingerprint density at radius 3 is 2.72 bits per heavy atom. The van der Waals surface area contributed by atoms with Crippen molar-refractivity contribution in [3.05, 3.63) is 16.4 Å². The fourth-order valence-electron chi connectivity index (χ4n) is 1.58. The van der Waals surface area contributed by atoms with Gasteiger partial charge in [0.2, 0.25) is 5.78 Å². The molecule has 0 aliphatic rings. The Hall–Kier alpha value is -0.720. The van der Waals surface area contributed by atoms with E-state index in [2.05, 4.69) is 21.0 Å². The number of carbonyl (C=O) groups excluding carboxylic acids is 1. The van der Waals surface area contributed by atoms with E-state index in [4.69, 9.17) is 9.47 Å². The molecule has 0 saturated carbocycles. The fraction of sp³-hybridized carbons (Fsp3) is 0.667. The van der Waals surface area contributed by atoms with E-state index in [1.54, 1.807) is 32.0 Å². The fourth-order valence-corrected chi connectivity index (χ4v) is 2.06. The van der Waals surface area contributed by atoms with Gasteiger partial charge < -0.3 is 9.47 Å². The monoisotopic (exact) mass is 318 g/mol. The Balaban J connectivity index is 3.08. The summed E-state index contributed by atoms with van der Waals surface area (Å²) in [6, 6.07) is 0. The van der Waals surface area contributed by atoms with Crippen LogP contribution in [0.1, 0.15) is 30.8 Å². The molecule has 0 aromatic carbocycles. The lowest BCUT2D eigenvalue weighted by Gasteiger charge is -2.25. The normalized spacial score (nSPS) is 14.5. The zero-order valence-corrected chi connectivity index (χ0v) is 12.8. The number of Topliss-reactive ketones (excluding diaryl/α,β-unsaturated/α-hetero) is 1. The van der Waals surface area contributed by atoms with Gasteiger partial charge in [-0.05, 0) is 29.3 Å². The molecule has 1 heterocycles. The van der Waals surface area contributed by atoms with Crippen LogP contribution >= 0.6 is 15.9 Å². The number of rotatable bonds is 7. The third-order valence-corrected chi connectivity index (χ3v) is 3.70. The van der Waals surface area contributed by atoms with Gasteiger partial charge in [-0.1, -0.05) is 6.92 Å². The lowest BCUT2D eigenvalue weighted by Crippen LogP contribution is -2.38. The predicted octanol–water partition coefficient (Wildman–Crippen LogP) is 2.29.